The summed E-state index contributed by atoms with van der Waals surface area (Å²) in [4.78, 5) is 12.5. The van der Waals surface area contributed by atoms with Crippen LogP contribution in [0.3, 0.4) is 0 Å². The highest BCUT2D eigenvalue weighted by Gasteiger charge is 2.25. The highest BCUT2D eigenvalue weighted by molar-refractivity contribution is 7.91. The lowest BCUT2D eigenvalue weighted by Crippen LogP contribution is -2.37. The van der Waals surface area contributed by atoms with E-state index in [9.17, 15) is 13.2 Å². The van der Waals surface area contributed by atoms with Gasteiger partial charge >= 0.3 is 6.03 Å². The molecule has 176 valence electrons. The number of nitrogens with zero attached hydrogens (tertiary/aromatic N) is 1. The van der Waals surface area contributed by atoms with Crippen molar-refractivity contribution < 1.29 is 13.2 Å². The summed E-state index contributed by atoms with van der Waals surface area (Å²) in [6.07, 6.45) is 0. The number of carbonyl (C=O) groups excluding carboxylic acids is 1. The lowest BCUT2D eigenvalue weighted by atomic mass is 10.2. The lowest BCUT2D eigenvalue weighted by Gasteiger charge is -2.10. The zero-order chi connectivity index (χ0) is 24.1. The summed E-state index contributed by atoms with van der Waals surface area (Å²) in [7, 11) is -3.63. The van der Waals surface area contributed by atoms with Gasteiger partial charge in [0.2, 0.25) is 0 Å². The summed E-state index contributed by atoms with van der Waals surface area (Å²) in [5.41, 5.74) is 3.55. The van der Waals surface area contributed by atoms with Crippen LogP contribution in [0.2, 0.25) is 5.02 Å². The topological polar surface area (TPSA) is 80.2 Å². The van der Waals surface area contributed by atoms with Crippen LogP contribution in [-0.2, 0) is 22.9 Å². The Hall–Kier alpha value is -3.29. The SMILES string of the molecule is Cc1c(S(=O)(=O)CCNC(=O)NCc2ccc(Cl)cc2)c2ccccc2n1Cc1ccccc1. The first-order valence-corrected chi connectivity index (χ1v) is 13.0. The van der Waals surface area contributed by atoms with Crippen LogP contribution in [0, 0.1) is 6.92 Å². The van der Waals surface area contributed by atoms with E-state index in [2.05, 4.69) is 10.6 Å². The first-order valence-electron chi connectivity index (χ1n) is 11.0. The van der Waals surface area contributed by atoms with Gasteiger partial charge in [0.1, 0.15) is 0 Å². The number of benzene rings is 3. The van der Waals surface area contributed by atoms with Gasteiger partial charge in [-0.2, -0.15) is 0 Å². The molecule has 0 aliphatic heterocycles. The molecule has 2 N–H and O–H groups in total. The Morgan fingerprint density at radius 1 is 0.882 bits per heavy atom. The molecule has 0 saturated heterocycles. The number of hydrogen-bond acceptors (Lipinski definition) is 3. The minimum atomic E-state index is -3.63. The predicted octanol–water partition coefficient (Wildman–Crippen LogP) is 4.92. The van der Waals surface area contributed by atoms with Crippen molar-refractivity contribution in [2.45, 2.75) is 24.9 Å². The second-order valence-electron chi connectivity index (χ2n) is 8.06. The van der Waals surface area contributed by atoms with Gasteiger partial charge in [0.15, 0.2) is 9.84 Å². The molecule has 8 heteroatoms. The fourth-order valence-electron chi connectivity index (χ4n) is 4.01. The van der Waals surface area contributed by atoms with Crippen molar-refractivity contribution in [2.24, 2.45) is 0 Å². The molecule has 1 aromatic heterocycles. The van der Waals surface area contributed by atoms with Crippen molar-refractivity contribution in [3.05, 3.63) is 101 Å². The number of rotatable bonds is 8. The zero-order valence-corrected chi connectivity index (χ0v) is 20.4. The van der Waals surface area contributed by atoms with Crippen LogP contribution in [0.4, 0.5) is 4.79 Å². The lowest BCUT2D eigenvalue weighted by molar-refractivity contribution is 0.241. The van der Waals surface area contributed by atoms with Gasteiger partial charge < -0.3 is 15.2 Å². The molecular weight excluding hydrogens is 470 g/mol. The largest absolute Gasteiger partial charge is 0.339 e. The molecule has 0 atom stereocenters. The molecule has 1 heterocycles. The number of halogens is 1. The zero-order valence-electron chi connectivity index (χ0n) is 18.8. The van der Waals surface area contributed by atoms with Gasteiger partial charge in [0.25, 0.3) is 0 Å². The number of carbonyl (C=O) groups is 1. The Bertz CT molecular complexity index is 1400. The van der Waals surface area contributed by atoms with Crippen LogP contribution < -0.4 is 10.6 Å². The van der Waals surface area contributed by atoms with Crippen molar-refractivity contribution in [3.63, 3.8) is 0 Å². The number of nitrogens with one attached hydrogen (secondary N) is 2. The third-order valence-electron chi connectivity index (χ3n) is 5.69. The maximum Gasteiger partial charge on any atom is 0.315 e. The van der Waals surface area contributed by atoms with E-state index in [-0.39, 0.29) is 12.3 Å². The molecule has 4 rings (SSSR count). The Labute approximate surface area is 204 Å². The fraction of sp³-hybridized carbons (Fsp3) is 0.192. The van der Waals surface area contributed by atoms with Crippen molar-refractivity contribution in [2.75, 3.05) is 12.3 Å². The van der Waals surface area contributed by atoms with Crippen LogP contribution >= 0.6 is 11.6 Å². The summed E-state index contributed by atoms with van der Waals surface area (Å²) in [5.74, 6) is -0.193. The predicted molar refractivity (Wildman–Crippen MR) is 136 cm³/mol. The molecular formula is C26H26ClN3O3S. The van der Waals surface area contributed by atoms with E-state index >= 15 is 0 Å². The first-order chi connectivity index (χ1) is 16.3. The molecule has 0 radical (unpaired) electrons. The molecule has 0 aliphatic carbocycles. The molecule has 0 bridgehead atoms. The summed E-state index contributed by atoms with van der Waals surface area (Å²) in [5, 5.41) is 6.69. The Morgan fingerprint density at radius 3 is 2.29 bits per heavy atom. The molecule has 0 saturated carbocycles. The van der Waals surface area contributed by atoms with Crippen molar-refractivity contribution in [1.29, 1.82) is 0 Å². The van der Waals surface area contributed by atoms with Crippen LogP contribution in [-0.4, -0.2) is 31.3 Å². The second-order valence-corrected chi connectivity index (χ2v) is 10.5. The quantitative estimate of drug-likeness (QED) is 0.364. The maximum absolute atomic E-state index is 13.3. The van der Waals surface area contributed by atoms with Crippen LogP contribution in [0.25, 0.3) is 10.9 Å². The third-order valence-corrected chi connectivity index (χ3v) is 7.82. The van der Waals surface area contributed by atoms with Gasteiger partial charge in [0, 0.05) is 41.3 Å². The molecule has 2 amide bonds. The monoisotopic (exact) mass is 495 g/mol. The molecule has 0 aliphatic rings. The summed E-state index contributed by atoms with van der Waals surface area (Å²) >= 11 is 5.87. The van der Waals surface area contributed by atoms with Crippen LogP contribution in [0.1, 0.15) is 16.8 Å². The van der Waals surface area contributed by atoms with E-state index in [1.807, 2.05) is 78.2 Å². The van der Waals surface area contributed by atoms with E-state index in [0.717, 1.165) is 16.6 Å². The minimum Gasteiger partial charge on any atom is -0.339 e. The summed E-state index contributed by atoms with van der Waals surface area (Å²) in [6.45, 7) is 2.74. The number of hydrogen-bond donors (Lipinski definition) is 2. The number of para-hydroxylation sites is 1. The second kappa shape index (κ2) is 10.3. The molecule has 0 fully saturated rings. The maximum atomic E-state index is 13.3. The van der Waals surface area contributed by atoms with E-state index in [0.29, 0.717) is 34.1 Å². The normalized spacial score (nSPS) is 11.5. The van der Waals surface area contributed by atoms with Crippen molar-refractivity contribution >= 4 is 38.4 Å². The average molecular weight is 496 g/mol. The van der Waals surface area contributed by atoms with Gasteiger partial charge in [-0.05, 0) is 36.2 Å². The highest BCUT2D eigenvalue weighted by Crippen LogP contribution is 2.31. The summed E-state index contributed by atoms with van der Waals surface area (Å²) < 4.78 is 28.7. The van der Waals surface area contributed by atoms with E-state index in [1.165, 1.54) is 0 Å². The number of aromatic nitrogens is 1. The summed E-state index contributed by atoms with van der Waals surface area (Å²) in [6, 6.07) is 24.2. The van der Waals surface area contributed by atoms with Gasteiger partial charge in [-0.1, -0.05) is 72.3 Å². The molecule has 4 aromatic rings. The van der Waals surface area contributed by atoms with Gasteiger partial charge in [0.05, 0.1) is 10.6 Å². The number of urea groups is 1. The van der Waals surface area contributed by atoms with Crippen LogP contribution in [0.15, 0.2) is 83.8 Å². The van der Waals surface area contributed by atoms with Crippen molar-refractivity contribution in [1.82, 2.24) is 15.2 Å². The number of fused-ring (bicyclic) bond motifs is 1. The fourth-order valence-corrected chi connectivity index (χ4v) is 5.78. The van der Waals surface area contributed by atoms with E-state index in [4.69, 9.17) is 11.6 Å². The average Bonchev–Trinajstić information content (AvgIpc) is 3.11. The van der Waals surface area contributed by atoms with Crippen molar-refractivity contribution in [3.8, 4) is 0 Å². The minimum absolute atomic E-state index is 0.00637. The standard InChI is InChI=1S/C26H26ClN3O3S/c1-19-25(23-9-5-6-10-24(23)30(19)18-21-7-3-2-4-8-21)34(32,33)16-15-28-26(31)29-17-20-11-13-22(27)14-12-20/h2-14H,15-18H2,1H3,(H2,28,29,31). The molecule has 34 heavy (non-hydrogen) atoms. The molecule has 3 aromatic carbocycles. The third kappa shape index (κ3) is 5.43. The first kappa shape index (κ1) is 23.9. The molecule has 0 spiro atoms. The Morgan fingerprint density at radius 2 is 1.56 bits per heavy atom. The van der Waals surface area contributed by atoms with Crippen LogP contribution in [0.5, 0.6) is 0 Å². The van der Waals surface area contributed by atoms with Gasteiger partial charge in [-0.3, -0.25) is 0 Å². The molecule has 6 nitrogen and oxygen atoms in total. The smallest absolute Gasteiger partial charge is 0.315 e. The Kier molecular flexibility index (Phi) is 7.24. The molecule has 0 unspecified atom stereocenters. The highest BCUT2D eigenvalue weighted by atomic mass is 35.5. The number of sulfone groups is 1. The van der Waals surface area contributed by atoms with E-state index in [1.54, 1.807) is 12.1 Å². The number of amides is 2. The van der Waals surface area contributed by atoms with Gasteiger partial charge in [-0.15, -0.1) is 0 Å². The van der Waals surface area contributed by atoms with Gasteiger partial charge in [-0.25, -0.2) is 13.2 Å². The Balaban J connectivity index is 1.46. The van der Waals surface area contributed by atoms with E-state index < -0.39 is 15.9 Å².